The van der Waals surface area contributed by atoms with Crippen molar-refractivity contribution in [3.8, 4) is 11.3 Å². The molecule has 0 bridgehead atoms. The molecule has 3 aromatic carbocycles. The summed E-state index contributed by atoms with van der Waals surface area (Å²) in [4.78, 5) is 42.4. The van der Waals surface area contributed by atoms with Gasteiger partial charge in [-0.05, 0) is 43.3 Å². The smallest absolute Gasteiger partial charge is 0.342 e. The second-order valence-corrected chi connectivity index (χ2v) is 11.4. The van der Waals surface area contributed by atoms with Crippen LogP contribution in [0.25, 0.3) is 37.2 Å². The Balaban J connectivity index is 1.24. The summed E-state index contributed by atoms with van der Waals surface area (Å²) >= 11 is 1.17. The predicted molar refractivity (Wildman–Crippen MR) is 158 cm³/mol. The molecule has 9 nitrogen and oxygen atoms in total. The maximum absolute atomic E-state index is 15.6. The molecule has 1 aliphatic heterocycles. The largest absolute Gasteiger partial charge is 0.477 e. The summed E-state index contributed by atoms with van der Waals surface area (Å²) in [5, 5.41) is 13.6. The van der Waals surface area contributed by atoms with Gasteiger partial charge in [-0.3, -0.25) is 14.0 Å². The predicted octanol–water partition coefficient (Wildman–Crippen LogP) is 5.71. The lowest BCUT2D eigenvalue weighted by atomic mass is 10.0. The molecule has 0 unspecified atom stereocenters. The summed E-state index contributed by atoms with van der Waals surface area (Å²) in [5.74, 6) is -4.29. The molecule has 1 N–H and O–H groups in total. The van der Waals surface area contributed by atoms with Crippen LogP contribution in [0.15, 0.2) is 63.9 Å². The van der Waals surface area contributed by atoms with Crippen molar-refractivity contribution < 1.29 is 32.4 Å². The van der Waals surface area contributed by atoms with Gasteiger partial charge in [-0.15, -0.1) is 11.3 Å². The van der Waals surface area contributed by atoms with Crippen LogP contribution in [-0.2, 0) is 0 Å². The van der Waals surface area contributed by atoms with Gasteiger partial charge in [-0.1, -0.05) is 23.4 Å². The van der Waals surface area contributed by atoms with Gasteiger partial charge in [0.25, 0.3) is 5.91 Å². The normalized spacial score (nSPS) is 13.8. The molecule has 0 aliphatic carbocycles. The van der Waals surface area contributed by atoms with Crippen molar-refractivity contribution >= 4 is 54.9 Å². The van der Waals surface area contributed by atoms with Crippen LogP contribution >= 0.6 is 11.3 Å². The van der Waals surface area contributed by atoms with Crippen LogP contribution in [0.4, 0.5) is 18.9 Å². The van der Waals surface area contributed by atoms with Crippen molar-refractivity contribution in [3.05, 3.63) is 99.2 Å². The maximum atomic E-state index is 15.6. The van der Waals surface area contributed by atoms with Crippen molar-refractivity contribution in [2.45, 2.75) is 6.92 Å². The molecular formula is C31H21F3N4O5S. The molecule has 0 spiro atoms. The van der Waals surface area contributed by atoms with E-state index >= 15 is 4.39 Å². The number of para-hydroxylation sites is 1. The SMILES string of the molecule is Cc1onc(-c2c(F)cccc2F)c1C(=O)N1CCN(c2cc3c(cc2F)c(=O)c(C(=O)O)c2sc4ccccc4n23)CC1. The van der Waals surface area contributed by atoms with Crippen molar-refractivity contribution in [1.29, 1.82) is 0 Å². The Kier molecular flexibility index (Phi) is 6.43. The van der Waals surface area contributed by atoms with Crippen LogP contribution in [0.2, 0.25) is 0 Å². The van der Waals surface area contributed by atoms with Gasteiger partial charge < -0.3 is 19.4 Å². The third-order valence-corrected chi connectivity index (χ3v) is 9.05. The lowest BCUT2D eigenvalue weighted by molar-refractivity contribution is 0.0696. The Morgan fingerprint density at radius 3 is 2.32 bits per heavy atom. The minimum Gasteiger partial charge on any atom is -0.477 e. The first-order valence-corrected chi connectivity index (χ1v) is 14.3. The van der Waals surface area contributed by atoms with Gasteiger partial charge >= 0.3 is 5.97 Å². The number of nitrogens with zero attached hydrogens (tertiary/aromatic N) is 4. The Bertz CT molecular complexity index is 2210. The lowest BCUT2D eigenvalue weighted by Gasteiger charge is -2.36. The fourth-order valence-electron chi connectivity index (χ4n) is 5.80. The van der Waals surface area contributed by atoms with Crippen molar-refractivity contribution in [1.82, 2.24) is 14.5 Å². The van der Waals surface area contributed by atoms with Crippen LogP contribution in [0.1, 0.15) is 26.5 Å². The van der Waals surface area contributed by atoms with Crippen LogP contribution in [0.3, 0.4) is 0 Å². The number of aryl methyl sites for hydroxylation is 1. The number of hydrogen-bond donors (Lipinski definition) is 1. The molecule has 3 aromatic heterocycles. The zero-order valence-electron chi connectivity index (χ0n) is 22.9. The van der Waals surface area contributed by atoms with E-state index in [2.05, 4.69) is 5.16 Å². The highest BCUT2D eigenvalue weighted by Gasteiger charge is 2.32. The van der Waals surface area contributed by atoms with E-state index in [1.165, 1.54) is 35.3 Å². The van der Waals surface area contributed by atoms with E-state index in [0.29, 0.717) is 11.0 Å². The highest BCUT2D eigenvalue weighted by atomic mass is 32.1. The standard InChI is InChI=1S/C31H21F3N4O5S/c1-15-24(27(35-43-15)25-17(32)5-4-6-18(25)33)29(40)37-11-9-36(10-12-37)22-14-21-16(13-19(22)34)28(39)26(31(41)42)30-38(21)20-7-2-3-8-23(20)44-30/h2-8,13-14H,9-12H2,1H3,(H,41,42). The number of thiazole rings is 1. The van der Waals surface area contributed by atoms with Gasteiger partial charge in [0.15, 0.2) is 0 Å². The van der Waals surface area contributed by atoms with E-state index in [1.54, 1.807) is 21.4 Å². The molecule has 44 heavy (non-hydrogen) atoms. The number of benzene rings is 3. The lowest BCUT2D eigenvalue weighted by Crippen LogP contribution is -2.49. The Morgan fingerprint density at radius 1 is 0.909 bits per heavy atom. The third kappa shape index (κ3) is 4.14. The topological polar surface area (TPSA) is 108 Å². The summed E-state index contributed by atoms with van der Waals surface area (Å²) in [6.07, 6.45) is 0. The minimum atomic E-state index is -1.39. The molecule has 0 atom stereocenters. The number of carboxylic acid groups (broad SMARTS) is 1. The van der Waals surface area contributed by atoms with Crippen molar-refractivity contribution in [2.24, 2.45) is 0 Å². The number of carbonyl (C=O) groups excluding carboxylic acids is 1. The van der Waals surface area contributed by atoms with E-state index in [-0.39, 0.29) is 59.1 Å². The molecule has 1 amide bonds. The summed E-state index contributed by atoms with van der Waals surface area (Å²) in [6.45, 7) is 2.19. The monoisotopic (exact) mass is 618 g/mol. The number of rotatable bonds is 4. The first-order chi connectivity index (χ1) is 21.2. The number of hydrogen-bond acceptors (Lipinski definition) is 7. The minimum absolute atomic E-state index is 0.0559. The summed E-state index contributed by atoms with van der Waals surface area (Å²) in [5.41, 5.74) is -0.713. The number of fused-ring (bicyclic) bond motifs is 5. The number of anilines is 1. The maximum Gasteiger partial charge on any atom is 0.342 e. The summed E-state index contributed by atoms with van der Waals surface area (Å²) in [7, 11) is 0. The molecule has 222 valence electrons. The molecular weight excluding hydrogens is 597 g/mol. The Morgan fingerprint density at radius 2 is 1.61 bits per heavy atom. The van der Waals surface area contributed by atoms with Crippen molar-refractivity contribution in [2.75, 3.05) is 31.1 Å². The summed E-state index contributed by atoms with van der Waals surface area (Å²) in [6, 6.07) is 13.2. The molecule has 7 rings (SSSR count). The van der Waals surface area contributed by atoms with Gasteiger partial charge in [-0.25, -0.2) is 18.0 Å². The number of halogens is 3. The molecule has 0 saturated carbocycles. The first kappa shape index (κ1) is 27.7. The number of pyridine rings is 1. The van der Waals surface area contributed by atoms with Gasteiger partial charge in [0.2, 0.25) is 5.43 Å². The number of carbonyl (C=O) groups is 2. The molecule has 1 fully saturated rings. The Hall–Kier alpha value is -5.17. The van der Waals surface area contributed by atoms with Gasteiger partial charge in [0.05, 0.1) is 32.4 Å². The highest BCUT2D eigenvalue weighted by Crippen LogP contribution is 2.35. The number of carboxylic acids is 1. The molecule has 0 radical (unpaired) electrons. The van der Waals surface area contributed by atoms with E-state index in [4.69, 9.17) is 4.52 Å². The van der Waals surface area contributed by atoms with Crippen LogP contribution in [-0.4, -0.2) is 57.6 Å². The molecule has 1 aliphatic rings. The zero-order valence-corrected chi connectivity index (χ0v) is 23.8. The van der Waals surface area contributed by atoms with Crippen LogP contribution < -0.4 is 10.3 Å². The van der Waals surface area contributed by atoms with Crippen LogP contribution in [0, 0.1) is 24.4 Å². The average molecular weight is 619 g/mol. The first-order valence-electron chi connectivity index (χ1n) is 13.5. The molecule has 4 heterocycles. The Labute approximate surface area is 249 Å². The highest BCUT2D eigenvalue weighted by molar-refractivity contribution is 7.24. The number of aromatic carboxylic acids is 1. The number of aromatic nitrogens is 2. The van der Waals surface area contributed by atoms with E-state index in [0.717, 1.165) is 22.9 Å². The molecule has 1 saturated heterocycles. The van der Waals surface area contributed by atoms with E-state index in [9.17, 15) is 28.3 Å². The fraction of sp³-hybridized carbons (Fsp3) is 0.161. The number of amides is 1. The van der Waals surface area contributed by atoms with Crippen LogP contribution in [0.5, 0.6) is 0 Å². The van der Waals surface area contributed by atoms with Crippen molar-refractivity contribution in [3.63, 3.8) is 0 Å². The molecule has 13 heteroatoms. The van der Waals surface area contributed by atoms with E-state index in [1.807, 2.05) is 12.1 Å². The fourth-order valence-corrected chi connectivity index (χ4v) is 6.99. The molecule has 6 aromatic rings. The second kappa shape index (κ2) is 10.2. The quantitative estimate of drug-likeness (QED) is 0.270. The third-order valence-electron chi connectivity index (χ3n) is 7.91. The second-order valence-electron chi connectivity index (χ2n) is 10.4. The zero-order chi connectivity index (χ0) is 30.9. The summed E-state index contributed by atoms with van der Waals surface area (Å²) < 4.78 is 52.2. The number of piperazine rings is 1. The van der Waals surface area contributed by atoms with Gasteiger partial charge in [0, 0.05) is 26.2 Å². The van der Waals surface area contributed by atoms with Gasteiger partial charge in [-0.2, -0.15) is 0 Å². The van der Waals surface area contributed by atoms with Gasteiger partial charge in [0.1, 0.15) is 44.9 Å². The van der Waals surface area contributed by atoms with E-state index < -0.39 is 45.9 Å². The average Bonchev–Trinajstić information content (AvgIpc) is 3.57.